The fourth-order valence-corrected chi connectivity index (χ4v) is 13.7. The van der Waals surface area contributed by atoms with Crippen molar-refractivity contribution in [3.63, 3.8) is 0 Å². The molecule has 4 atom stereocenters. The van der Waals surface area contributed by atoms with Gasteiger partial charge in [0.2, 0.25) is 38.9 Å². The number of aryl methyl sites for hydroxylation is 2. The number of aliphatic carboxylic acids is 2. The Morgan fingerprint density at radius 3 is 1.22 bits per heavy atom. The van der Waals surface area contributed by atoms with Gasteiger partial charge < -0.3 is 87.5 Å². The van der Waals surface area contributed by atoms with Gasteiger partial charge in [-0.25, -0.2) is 9.97 Å². The van der Waals surface area contributed by atoms with Crippen LogP contribution in [0.15, 0.2) is 120 Å². The van der Waals surface area contributed by atoms with Crippen molar-refractivity contribution in [1.29, 1.82) is 0 Å². The maximum absolute atomic E-state index is 12.3. The molecule has 0 amide bonds. The molecular formula is C82H92N10O22. The van der Waals surface area contributed by atoms with Crippen LogP contribution < -0.4 is 63.6 Å². The number of nitrogens with one attached hydrogen (secondary N) is 6. The highest BCUT2D eigenvalue weighted by molar-refractivity contribution is 5.96. The van der Waals surface area contributed by atoms with Gasteiger partial charge in [-0.3, -0.25) is 48.9 Å². The zero-order chi connectivity index (χ0) is 79.7. The first kappa shape index (κ1) is 80.7. The van der Waals surface area contributed by atoms with Crippen molar-refractivity contribution in [2.45, 2.75) is 141 Å². The van der Waals surface area contributed by atoms with Gasteiger partial charge in [-0.15, -0.1) is 10.2 Å². The van der Waals surface area contributed by atoms with Crippen LogP contribution in [0.4, 0.5) is 11.6 Å². The molecule has 32 heteroatoms. The number of carbonyl (C=O) groups is 6. The van der Waals surface area contributed by atoms with E-state index in [4.69, 9.17) is 71.7 Å². The largest absolute Gasteiger partial charge is 0.481 e. The minimum atomic E-state index is -1.02. The number of rotatable bonds is 33. The number of hydrogen-bond acceptors (Lipinski definition) is 26. The van der Waals surface area contributed by atoms with Gasteiger partial charge in [0.15, 0.2) is 46.0 Å². The standard InChI is InChI=1S/C26H30N4O5.C24H26N4O5.C16H18N2O5.C16H18O7/c1-2-32-25(31)14-19(18-6-8-22-23(13-18)35-16-34-22)12-21-15-24(30-29-21)33-11-9-20-7-5-17-4-3-10-27-26(17)28-20;29-23(30)12-17(16-4-6-20-21(11-16)33-14-32-20)10-19-13-22(28-27-19)31-9-7-18-5-3-15-2-1-8-25-24(15)26-18;1-2-21-16(20)7-11(5-12-8-15(19)18-17-12)10-3-4-13-14(6-10)23-9-22-13;1-2-21-16(20)8-12(17)5-11(7-15(18)19)10-3-4-13-14(6-10)23-9-22-13/h5-8,13,15,19H,2-4,9-12,14,16H2,1H3,(H,27,28)(H,29,30);3-6,11,13,17H,1-2,7-10,12,14H2,(H,25,26)(H,27,28)(H,29,30);3-4,6,8,11H,2,5,7,9H2,1H3,(H2,17,18,19);3-4,6,11H,2,5,7-9H2,1H3,(H,18,19). The molecule has 0 saturated carbocycles. The Hall–Kier alpha value is -12.8. The van der Waals surface area contributed by atoms with E-state index in [1.54, 1.807) is 32.0 Å². The van der Waals surface area contributed by atoms with Crippen LogP contribution in [0.1, 0.15) is 158 Å². The molecule has 4 aromatic carbocycles. The lowest BCUT2D eigenvalue weighted by atomic mass is 9.90. The number of benzene rings is 4. The Balaban J connectivity index is 0.000000143. The average molecular weight is 1570 g/mol. The maximum atomic E-state index is 12.3. The van der Waals surface area contributed by atoms with Gasteiger partial charge >= 0.3 is 29.8 Å². The van der Waals surface area contributed by atoms with Gasteiger partial charge in [0, 0.05) is 84.9 Å². The van der Waals surface area contributed by atoms with Crippen molar-refractivity contribution in [2.24, 2.45) is 0 Å². The predicted molar refractivity (Wildman–Crippen MR) is 409 cm³/mol. The average Bonchev–Trinajstić information content (AvgIpc) is 1.68. The molecule has 5 aromatic heterocycles. The number of aromatic nitrogens is 8. The lowest BCUT2D eigenvalue weighted by Crippen LogP contribution is -2.16. The van der Waals surface area contributed by atoms with Crippen LogP contribution in [0.3, 0.4) is 0 Å². The van der Waals surface area contributed by atoms with Crippen LogP contribution >= 0.6 is 0 Å². The molecule has 0 aliphatic carbocycles. The van der Waals surface area contributed by atoms with Crippen molar-refractivity contribution in [3.8, 4) is 57.8 Å². The van der Waals surface area contributed by atoms with Crippen molar-refractivity contribution in [3.05, 3.63) is 187 Å². The molecule has 9 aromatic rings. The third-order valence-corrected chi connectivity index (χ3v) is 19.3. The highest BCUT2D eigenvalue weighted by atomic mass is 16.7. The summed E-state index contributed by atoms with van der Waals surface area (Å²) >= 11 is 0. The molecule has 32 nitrogen and oxygen atoms in total. The molecule has 11 heterocycles. The second-order valence-corrected chi connectivity index (χ2v) is 27.4. The summed E-state index contributed by atoms with van der Waals surface area (Å²) < 4.78 is 69.6. The van der Waals surface area contributed by atoms with Crippen LogP contribution in [0, 0.1) is 0 Å². The van der Waals surface area contributed by atoms with Gasteiger partial charge in [-0.1, -0.05) is 36.4 Å². The number of anilines is 2. The summed E-state index contributed by atoms with van der Waals surface area (Å²) in [4.78, 5) is 90.7. The third-order valence-electron chi connectivity index (χ3n) is 19.3. The number of hydrogen-bond donors (Lipinski definition) is 8. The van der Waals surface area contributed by atoms with Crippen molar-refractivity contribution < 1.29 is 101 Å². The summed E-state index contributed by atoms with van der Waals surface area (Å²) in [5.74, 6) is 3.82. The molecule has 6 aliphatic heterocycles. The number of pyridine rings is 2. The molecule has 114 heavy (non-hydrogen) atoms. The zero-order valence-electron chi connectivity index (χ0n) is 63.5. The first-order chi connectivity index (χ1) is 55.5. The fourth-order valence-electron chi connectivity index (χ4n) is 13.7. The van der Waals surface area contributed by atoms with Gasteiger partial charge in [0.1, 0.15) is 23.8 Å². The molecule has 0 bridgehead atoms. The highest BCUT2D eigenvalue weighted by Crippen LogP contribution is 2.41. The van der Waals surface area contributed by atoms with E-state index in [2.05, 4.69) is 64.4 Å². The highest BCUT2D eigenvalue weighted by Gasteiger charge is 2.29. The number of carboxylic acid groups (broad SMARTS) is 2. The SMILES string of the molecule is CCOC(=O)CC(=O)CC(CC(=O)O)c1ccc2c(c1)OCO2.CCOC(=O)CC(Cc1cc(=O)[nH][nH]1)c1ccc2c(c1)OCO2.CCOC(=O)CC(Cc1cc(OCCc2ccc3c(n2)NCCC3)n[nH]1)c1ccc2c(c1)OCO2.O=C(O)CC(Cc1cc(OCCc2ccc3c(n2)NCCC3)n[nH]1)c1ccc2c(c1)OCO2. The number of ketones is 1. The Bertz CT molecular complexity index is 4860. The Morgan fingerprint density at radius 1 is 0.430 bits per heavy atom. The molecule has 0 fully saturated rings. The minimum absolute atomic E-state index is 0.00706. The van der Waals surface area contributed by atoms with E-state index in [1.165, 1.54) is 17.2 Å². The maximum Gasteiger partial charge on any atom is 0.313 e. The van der Waals surface area contributed by atoms with Crippen LogP contribution in [-0.4, -0.2) is 160 Å². The van der Waals surface area contributed by atoms with Crippen LogP contribution in [0.2, 0.25) is 0 Å². The fraction of sp³-hybridized carbons (Fsp3) is 0.402. The van der Waals surface area contributed by atoms with E-state index in [0.717, 1.165) is 95.6 Å². The Kier molecular flexibility index (Phi) is 28.3. The number of esters is 3. The summed E-state index contributed by atoms with van der Waals surface area (Å²) in [5.41, 5.74) is 10.2. The third kappa shape index (κ3) is 23.2. The topological polar surface area (TPSA) is 419 Å². The molecule has 602 valence electrons. The summed E-state index contributed by atoms with van der Waals surface area (Å²) in [6.45, 7) is 9.70. The summed E-state index contributed by atoms with van der Waals surface area (Å²) in [6, 6.07) is 35.6. The van der Waals surface area contributed by atoms with E-state index >= 15 is 0 Å². The van der Waals surface area contributed by atoms with Gasteiger partial charge in [0.25, 0.3) is 5.56 Å². The monoisotopic (exact) mass is 1570 g/mol. The van der Waals surface area contributed by atoms with Crippen molar-refractivity contribution in [2.75, 3.05) is 83.9 Å². The predicted octanol–water partition coefficient (Wildman–Crippen LogP) is 10.7. The zero-order valence-corrected chi connectivity index (χ0v) is 63.5. The summed E-state index contributed by atoms with van der Waals surface area (Å²) in [5, 5.41) is 45.0. The number of aromatic amines is 4. The van der Waals surface area contributed by atoms with Gasteiger partial charge in [0.05, 0.1) is 58.7 Å². The van der Waals surface area contributed by atoms with Crippen molar-refractivity contribution in [1.82, 2.24) is 40.6 Å². The number of carboxylic acids is 2. The number of ether oxygens (including phenoxy) is 13. The molecule has 4 unspecified atom stereocenters. The second kappa shape index (κ2) is 39.9. The summed E-state index contributed by atoms with van der Waals surface area (Å²) in [6.07, 6.45) is 7.22. The second-order valence-electron chi connectivity index (χ2n) is 27.4. The van der Waals surface area contributed by atoms with Gasteiger partial charge in [-0.2, -0.15) is 0 Å². The Labute approximate surface area is 655 Å². The van der Waals surface area contributed by atoms with E-state index in [9.17, 15) is 38.7 Å². The lowest BCUT2D eigenvalue weighted by molar-refractivity contribution is -0.146. The van der Waals surface area contributed by atoms with E-state index in [1.807, 2.05) is 79.7 Å². The van der Waals surface area contributed by atoms with E-state index in [0.29, 0.717) is 122 Å². The van der Waals surface area contributed by atoms with Crippen molar-refractivity contribution >= 4 is 47.3 Å². The van der Waals surface area contributed by atoms with Gasteiger partial charge in [-0.05, 0) is 178 Å². The lowest BCUT2D eigenvalue weighted by Gasteiger charge is -2.17. The van der Waals surface area contributed by atoms with E-state index in [-0.39, 0.29) is 113 Å². The molecule has 8 N–H and O–H groups in total. The molecular weight excluding hydrogens is 1480 g/mol. The molecule has 0 radical (unpaired) electrons. The van der Waals surface area contributed by atoms with Crippen LogP contribution in [-0.2, 0) is 87.9 Å². The van der Waals surface area contributed by atoms with E-state index < -0.39 is 23.8 Å². The minimum Gasteiger partial charge on any atom is -0.481 e. The molecule has 6 aliphatic rings. The normalized spacial score (nSPS) is 14.3. The number of carbonyl (C=O) groups excluding carboxylic acids is 4. The quantitative estimate of drug-likeness (QED) is 0.0108. The smallest absolute Gasteiger partial charge is 0.313 e. The number of Topliss-reactive ketones (excluding diaryl/α,β-unsaturated/α-hetero) is 1. The van der Waals surface area contributed by atoms with Crippen LogP contribution in [0.5, 0.6) is 57.8 Å². The Morgan fingerprint density at radius 2 is 0.816 bits per heavy atom. The number of H-pyrrole nitrogens is 4. The molecule has 15 rings (SSSR count). The first-order valence-electron chi connectivity index (χ1n) is 38.0. The molecule has 0 saturated heterocycles. The first-order valence-corrected chi connectivity index (χ1v) is 38.0. The summed E-state index contributed by atoms with van der Waals surface area (Å²) in [7, 11) is 0. The number of fused-ring (bicyclic) bond motifs is 6. The number of nitrogens with zero attached hydrogens (tertiary/aromatic N) is 4. The van der Waals surface area contributed by atoms with Crippen LogP contribution in [0.25, 0.3) is 0 Å². The molecule has 0 spiro atoms.